The summed E-state index contributed by atoms with van der Waals surface area (Å²) in [6, 6.07) is 5.31. The molecule has 0 aliphatic rings. The maximum absolute atomic E-state index is 8.88. The van der Waals surface area contributed by atoms with Gasteiger partial charge in [-0.25, -0.2) is 0 Å². The van der Waals surface area contributed by atoms with Crippen molar-refractivity contribution in [3.63, 3.8) is 0 Å². The molecule has 0 spiro atoms. The molecule has 0 aliphatic heterocycles. The maximum Gasteiger partial charge on any atom is 0.488 e. The van der Waals surface area contributed by atoms with Crippen molar-refractivity contribution in [1.82, 2.24) is 0 Å². The molecule has 5 heteroatoms. The molecule has 64 valence electrons. The molecule has 0 unspecified atom stereocenters. The van der Waals surface area contributed by atoms with E-state index >= 15 is 0 Å². The molecule has 12 heavy (non-hydrogen) atoms. The van der Waals surface area contributed by atoms with Gasteiger partial charge in [0, 0.05) is 10.1 Å². The topological polar surface area (TPSA) is 66.5 Å². The second-order valence-corrected chi connectivity index (χ2v) is 3.72. The van der Waals surface area contributed by atoms with Gasteiger partial charge < -0.3 is 15.8 Å². The summed E-state index contributed by atoms with van der Waals surface area (Å²) in [6.45, 7) is 0.413. The van der Waals surface area contributed by atoms with Crippen molar-refractivity contribution in [2.24, 2.45) is 5.73 Å². The SMILES string of the molecule is NCc1cc(I)cc(B(O)O)c1. The molecule has 0 fully saturated rings. The third-order valence-electron chi connectivity index (χ3n) is 1.51. The summed E-state index contributed by atoms with van der Waals surface area (Å²) in [4.78, 5) is 0. The van der Waals surface area contributed by atoms with Crippen molar-refractivity contribution in [2.75, 3.05) is 0 Å². The van der Waals surface area contributed by atoms with Crippen LogP contribution in [-0.2, 0) is 6.54 Å². The van der Waals surface area contributed by atoms with Gasteiger partial charge in [-0.05, 0) is 45.7 Å². The first-order valence-electron chi connectivity index (χ1n) is 3.49. The molecule has 0 saturated heterocycles. The van der Waals surface area contributed by atoms with E-state index in [9.17, 15) is 0 Å². The van der Waals surface area contributed by atoms with Gasteiger partial charge in [-0.2, -0.15) is 0 Å². The van der Waals surface area contributed by atoms with Crippen LogP contribution in [0.4, 0.5) is 0 Å². The lowest BCUT2D eigenvalue weighted by atomic mass is 9.80. The zero-order valence-electron chi connectivity index (χ0n) is 6.37. The van der Waals surface area contributed by atoms with Gasteiger partial charge in [0.2, 0.25) is 0 Å². The molecule has 0 saturated carbocycles. The molecule has 0 amide bonds. The summed E-state index contributed by atoms with van der Waals surface area (Å²) in [5.74, 6) is 0. The average molecular weight is 277 g/mol. The largest absolute Gasteiger partial charge is 0.488 e. The van der Waals surface area contributed by atoms with Crippen LogP contribution < -0.4 is 11.2 Å². The van der Waals surface area contributed by atoms with E-state index < -0.39 is 7.12 Å². The summed E-state index contributed by atoms with van der Waals surface area (Å²) in [5.41, 5.74) is 6.82. The zero-order valence-corrected chi connectivity index (χ0v) is 8.52. The highest BCUT2D eigenvalue weighted by Crippen LogP contribution is 2.05. The minimum atomic E-state index is -1.41. The fourth-order valence-corrected chi connectivity index (χ4v) is 1.70. The molecule has 0 aliphatic carbocycles. The lowest BCUT2D eigenvalue weighted by molar-refractivity contribution is 0.425. The third kappa shape index (κ3) is 2.44. The molecule has 0 aromatic heterocycles. The Labute approximate surface area is 84.9 Å². The predicted molar refractivity (Wildman–Crippen MR) is 56.9 cm³/mol. The van der Waals surface area contributed by atoms with E-state index in [1.807, 2.05) is 6.07 Å². The smallest absolute Gasteiger partial charge is 0.423 e. The second-order valence-electron chi connectivity index (χ2n) is 2.47. The van der Waals surface area contributed by atoms with Gasteiger partial charge in [-0.3, -0.25) is 0 Å². The molecule has 3 nitrogen and oxygen atoms in total. The van der Waals surface area contributed by atoms with Crippen LogP contribution in [0, 0.1) is 3.57 Å². The minimum absolute atomic E-state index is 0.413. The standard InChI is InChI=1S/C7H9BINO2/c9-7-2-5(4-10)1-6(3-7)8(11)12/h1-3,11-12H,4,10H2. The highest BCUT2D eigenvalue weighted by atomic mass is 127. The second kappa shape index (κ2) is 4.22. The van der Waals surface area contributed by atoms with Gasteiger partial charge in [0.15, 0.2) is 0 Å². The van der Waals surface area contributed by atoms with Crippen LogP contribution in [0.3, 0.4) is 0 Å². The van der Waals surface area contributed by atoms with E-state index in [1.165, 1.54) is 0 Å². The molecule has 1 rings (SSSR count). The monoisotopic (exact) mass is 277 g/mol. The van der Waals surface area contributed by atoms with Crippen LogP contribution in [0.2, 0.25) is 0 Å². The highest BCUT2D eigenvalue weighted by Gasteiger charge is 2.11. The van der Waals surface area contributed by atoms with Crippen LogP contribution >= 0.6 is 22.6 Å². The maximum atomic E-state index is 8.88. The van der Waals surface area contributed by atoms with E-state index in [2.05, 4.69) is 22.6 Å². The van der Waals surface area contributed by atoms with Gasteiger partial charge >= 0.3 is 7.12 Å². The first kappa shape index (κ1) is 9.98. The molecule has 0 heterocycles. The summed E-state index contributed by atoms with van der Waals surface area (Å²) >= 11 is 2.11. The number of hydrogen-bond donors (Lipinski definition) is 3. The normalized spacial score (nSPS) is 10.0. The lowest BCUT2D eigenvalue weighted by Gasteiger charge is -2.03. The molecule has 1 aromatic carbocycles. The molecule has 0 bridgehead atoms. The van der Waals surface area contributed by atoms with E-state index in [0.717, 1.165) is 9.13 Å². The van der Waals surface area contributed by atoms with Crippen molar-refractivity contribution in [1.29, 1.82) is 0 Å². The van der Waals surface area contributed by atoms with Crippen LogP contribution in [0.1, 0.15) is 5.56 Å². The first-order valence-corrected chi connectivity index (χ1v) is 4.57. The third-order valence-corrected chi connectivity index (χ3v) is 2.14. The summed E-state index contributed by atoms with van der Waals surface area (Å²) in [6.07, 6.45) is 0. The molecule has 0 atom stereocenters. The molecule has 4 N–H and O–H groups in total. The van der Waals surface area contributed by atoms with Crippen molar-refractivity contribution in [3.05, 3.63) is 27.3 Å². The van der Waals surface area contributed by atoms with Gasteiger partial charge in [0.25, 0.3) is 0 Å². The molecular formula is C7H9BINO2. The summed E-state index contributed by atoms with van der Waals surface area (Å²) < 4.78 is 0.957. The Morgan fingerprint density at radius 3 is 2.50 bits per heavy atom. The zero-order chi connectivity index (χ0) is 9.14. The van der Waals surface area contributed by atoms with Gasteiger partial charge in [0.05, 0.1) is 0 Å². The van der Waals surface area contributed by atoms with E-state index in [-0.39, 0.29) is 0 Å². The van der Waals surface area contributed by atoms with Crippen LogP contribution in [0.25, 0.3) is 0 Å². The Balaban J connectivity index is 3.06. The first-order chi connectivity index (χ1) is 5.63. The number of halogens is 1. The van der Waals surface area contributed by atoms with Crippen LogP contribution in [0.5, 0.6) is 0 Å². The fourth-order valence-electron chi connectivity index (χ4n) is 0.942. The van der Waals surface area contributed by atoms with Crippen molar-refractivity contribution in [2.45, 2.75) is 6.54 Å². The number of rotatable bonds is 2. The van der Waals surface area contributed by atoms with Crippen molar-refractivity contribution < 1.29 is 10.0 Å². The Morgan fingerprint density at radius 2 is 2.00 bits per heavy atom. The minimum Gasteiger partial charge on any atom is -0.423 e. The molecular weight excluding hydrogens is 268 g/mol. The molecule has 1 aromatic rings. The summed E-state index contributed by atoms with van der Waals surface area (Å²) in [7, 11) is -1.41. The predicted octanol–water partition coefficient (Wildman–Crippen LogP) is -0.570. The Kier molecular flexibility index (Phi) is 3.51. The van der Waals surface area contributed by atoms with Crippen LogP contribution in [-0.4, -0.2) is 17.2 Å². The Bertz CT molecular complexity index is 280. The number of hydrogen-bond acceptors (Lipinski definition) is 3. The van der Waals surface area contributed by atoms with Crippen LogP contribution in [0.15, 0.2) is 18.2 Å². The van der Waals surface area contributed by atoms with Crippen molar-refractivity contribution >= 4 is 35.2 Å². The van der Waals surface area contributed by atoms with Gasteiger partial charge in [0.1, 0.15) is 0 Å². The fraction of sp³-hybridized carbons (Fsp3) is 0.143. The van der Waals surface area contributed by atoms with E-state index in [4.69, 9.17) is 15.8 Å². The van der Waals surface area contributed by atoms with Gasteiger partial charge in [-0.1, -0.05) is 6.07 Å². The number of benzene rings is 1. The van der Waals surface area contributed by atoms with Gasteiger partial charge in [-0.15, -0.1) is 0 Å². The van der Waals surface area contributed by atoms with Crippen molar-refractivity contribution in [3.8, 4) is 0 Å². The highest BCUT2D eigenvalue weighted by molar-refractivity contribution is 14.1. The van der Waals surface area contributed by atoms with E-state index in [0.29, 0.717) is 12.0 Å². The Hall–Kier alpha value is -0.105. The summed E-state index contributed by atoms with van der Waals surface area (Å²) in [5, 5.41) is 17.8. The molecule has 0 radical (unpaired) electrons. The average Bonchev–Trinajstić information content (AvgIpc) is 2.03. The quantitative estimate of drug-likeness (QED) is 0.501. The Morgan fingerprint density at radius 1 is 1.33 bits per heavy atom. The lowest BCUT2D eigenvalue weighted by Crippen LogP contribution is -2.30. The van der Waals surface area contributed by atoms with E-state index in [1.54, 1.807) is 12.1 Å². The number of nitrogens with two attached hydrogens (primary N) is 1.